The van der Waals surface area contributed by atoms with Crippen molar-refractivity contribution in [3.05, 3.63) is 11.6 Å². The number of rotatable bonds is 10. The third kappa shape index (κ3) is 3.63. The van der Waals surface area contributed by atoms with Crippen molar-refractivity contribution < 1.29 is 24.5 Å². The number of carbonyl (C=O) groups is 2. The minimum atomic E-state index is -1.17. The molecule has 5 aliphatic carbocycles. The van der Waals surface area contributed by atoms with E-state index < -0.39 is 22.2 Å². The summed E-state index contributed by atoms with van der Waals surface area (Å²) in [4.78, 5) is 29.8. The van der Waals surface area contributed by atoms with E-state index in [4.69, 9.17) is 4.74 Å². The molecule has 6 rings (SSSR count). The van der Waals surface area contributed by atoms with Crippen LogP contribution in [0.25, 0.3) is 0 Å². The maximum atomic E-state index is 14.0. The Labute approximate surface area is 241 Å². The van der Waals surface area contributed by atoms with Gasteiger partial charge in [0.25, 0.3) is 0 Å². The number of fused-ring (bicyclic) bond motifs is 2. The predicted octanol–water partition coefficient (Wildman–Crippen LogP) is 5.58. The first-order chi connectivity index (χ1) is 19.2. The standard InChI is InChI=1S/C34H53NO5/c1-5-35(13-14-36)19-29-25(23-9-7-6-8-10-23)16-30(40-29)33-18-26-22(4)11-12-27(26)32(20-37)17-24(33)15-28(21(2)3)34(32,33)31(38)39/h15,20-27,29-30,36H,5-14,16-19H2,1-4H3,(H,38,39)/t22-,24?,25+,26-,27-,29+,30-,32?,33?,34+/m1/s1. The lowest BCUT2D eigenvalue weighted by Gasteiger charge is -2.60. The maximum absolute atomic E-state index is 14.0. The minimum Gasteiger partial charge on any atom is -0.481 e. The normalized spacial score (nSPS) is 46.3. The van der Waals surface area contributed by atoms with Crippen molar-refractivity contribution in [2.24, 2.45) is 57.7 Å². The Kier molecular flexibility index (Phi) is 7.56. The van der Waals surface area contributed by atoms with Crippen LogP contribution in [0.3, 0.4) is 0 Å². The van der Waals surface area contributed by atoms with Gasteiger partial charge in [0, 0.05) is 18.5 Å². The zero-order chi connectivity index (χ0) is 28.4. The van der Waals surface area contributed by atoms with Gasteiger partial charge in [-0.05, 0) is 73.7 Å². The molecule has 0 amide bonds. The zero-order valence-electron chi connectivity index (χ0n) is 25.3. The van der Waals surface area contributed by atoms with E-state index in [0.717, 1.165) is 50.6 Å². The molecule has 0 aromatic carbocycles. The van der Waals surface area contributed by atoms with Gasteiger partial charge in [0.15, 0.2) is 0 Å². The van der Waals surface area contributed by atoms with Crippen molar-refractivity contribution in [3.8, 4) is 0 Å². The van der Waals surface area contributed by atoms with Crippen LogP contribution in [0.4, 0.5) is 0 Å². The summed E-state index contributed by atoms with van der Waals surface area (Å²) in [6, 6.07) is 0. The van der Waals surface area contributed by atoms with Gasteiger partial charge in [0.2, 0.25) is 0 Å². The summed E-state index contributed by atoms with van der Waals surface area (Å²) in [5.74, 6) is 1.48. The van der Waals surface area contributed by atoms with Crippen LogP contribution in [-0.4, -0.2) is 65.8 Å². The summed E-state index contributed by atoms with van der Waals surface area (Å²) in [7, 11) is 0. The van der Waals surface area contributed by atoms with E-state index in [1.807, 2.05) is 0 Å². The van der Waals surface area contributed by atoms with Crippen LogP contribution < -0.4 is 0 Å². The number of ether oxygens (including phenoxy) is 1. The number of hydrogen-bond acceptors (Lipinski definition) is 5. The number of aliphatic hydroxyl groups is 1. The Hall–Kier alpha value is -1.24. The largest absolute Gasteiger partial charge is 0.481 e. The van der Waals surface area contributed by atoms with Gasteiger partial charge < -0.3 is 19.7 Å². The molecular formula is C34H53NO5. The Morgan fingerprint density at radius 2 is 1.90 bits per heavy atom. The van der Waals surface area contributed by atoms with Gasteiger partial charge in [0.05, 0.1) is 24.2 Å². The molecule has 0 aromatic rings. The van der Waals surface area contributed by atoms with Crippen molar-refractivity contribution in [3.63, 3.8) is 0 Å². The van der Waals surface area contributed by atoms with Gasteiger partial charge in [-0.1, -0.05) is 77.9 Å². The Morgan fingerprint density at radius 1 is 1.15 bits per heavy atom. The highest BCUT2D eigenvalue weighted by Gasteiger charge is 2.86. The van der Waals surface area contributed by atoms with Crippen molar-refractivity contribution in [1.82, 2.24) is 4.90 Å². The van der Waals surface area contributed by atoms with Gasteiger partial charge >= 0.3 is 5.97 Å². The summed E-state index contributed by atoms with van der Waals surface area (Å²) in [5.41, 5.74) is -1.55. The number of carboxylic acid groups (broad SMARTS) is 1. The molecule has 0 radical (unpaired) electrons. The Balaban J connectivity index is 1.47. The molecule has 3 unspecified atom stereocenters. The number of hydrogen-bond donors (Lipinski definition) is 2. The summed E-state index contributed by atoms with van der Waals surface area (Å²) >= 11 is 0. The van der Waals surface area contributed by atoms with Crippen LogP contribution in [0.5, 0.6) is 0 Å². The van der Waals surface area contributed by atoms with E-state index in [0.29, 0.717) is 36.6 Å². The lowest BCUT2D eigenvalue weighted by Crippen LogP contribution is -2.65. The maximum Gasteiger partial charge on any atom is 0.315 e. The number of likely N-dealkylation sites (N-methyl/N-ethyl adjacent to an activating group) is 1. The average molecular weight is 556 g/mol. The molecule has 10 atom stereocenters. The van der Waals surface area contributed by atoms with E-state index in [9.17, 15) is 19.8 Å². The van der Waals surface area contributed by atoms with E-state index in [-0.39, 0.29) is 36.6 Å². The molecule has 0 spiro atoms. The second kappa shape index (κ2) is 10.5. The summed E-state index contributed by atoms with van der Waals surface area (Å²) in [5, 5.41) is 21.2. The number of aldehydes is 1. The summed E-state index contributed by atoms with van der Waals surface area (Å²) < 4.78 is 7.29. The smallest absolute Gasteiger partial charge is 0.315 e. The third-order valence-corrected chi connectivity index (χ3v) is 13.4. The van der Waals surface area contributed by atoms with E-state index in [2.05, 4.69) is 38.7 Å². The van der Waals surface area contributed by atoms with Crippen LogP contribution >= 0.6 is 0 Å². The second-order valence-corrected chi connectivity index (χ2v) is 14.9. The quantitative estimate of drug-likeness (QED) is 0.270. The first-order valence-electron chi connectivity index (χ1n) is 16.6. The van der Waals surface area contributed by atoms with Crippen LogP contribution in [0.1, 0.15) is 91.9 Å². The second-order valence-electron chi connectivity index (χ2n) is 14.9. The fraction of sp³-hybridized carbons (Fsp3) is 0.882. The minimum absolute atomic E-state index is 0.0478. The highest BCUT2D eigenvalue weighted by molar-refractivity contribution is 5.90. The van der Waals surface area contributed by atoms with Gasteiger partial charge in [-0.3, -0.25) is 9.69 Å². The van der Waals surface area contributed by atoms with E-state index in [1.54, 1.807) is 0 Å². The number of carboxylic acids is 1. The molecule has 224 valence electrons. The lowest BCUT2D eigenvalue weighted by molar-refractivity contribution is -0.197. The fourth-order valence-electron chi connectivity index (χ4n) is 12.0. The summed E-state index contributed by atoms with van der Waals surface area (Å²) in [6.07, 6.45) is 14.2. The zero-order valence-corrected chi connectivity index (χ0v) is 25.3. The molecule has 2 N–H and O–H groups in total. The van der Waals surface area contributed by atoms with Gasteiger partial charge in [-0.25, -0.2) is 0 Å². The van der Waals surface area contributed by atoms with Crippen LogP contribution in [0, 0.1) is 57.7 Å². The molecular weight excluding hydrogens is 502 g/mol. The molecule has 1 aliphatic heterocycles. The van der Waals surface area contributed by atoms with Crippen molar-refractivity contribution in [2.45, 2.75) is 104 Å². The molecule has 6 nitrogen and oxygen atoms in total. The van der Waals surface area contributed by atoms with Gasteiger partial charge in [-0.15, -0.1) is 0 Å². The molecule has 6 aliphatic rings. The number of allylic oxidation sites excluding steroid dienone is 1. The number of aliphatic hydroxyl groups excluding tert-OH is 1. The van der Waals surface area contributed by atoms with Crippen molar-refractivity contribution in [1.29, 1.82) is 0 Å². The molecule has 6 heteroatoms. The number of nitrogens with zero attached hydrogens (tertiary/aromatic N) is 1. The monoisotopic (exact) mass is 555 g/mol. The van der Waals surface area contributed by atoms with Crippen molar-refractivity contribution in [2.75, 3.05) is 26.2 Å². The highest BCUT2D eigenvalue weighted by Crippen LogP contribution is 2.84. The Morgan fingerprint density at radius 3 is 2.52 bits per heavy atom. The fourth-order valence-corrected chi connectivity index (χ4v) is 12.0. The topological polar surface area (TPSA) is 87.1 Å². The molecule has 4 saturated carbocycles. The SMILES string of the molecule is CCN(CCO)C[C@@H]1O[C@@H](C23C[C@@H]4[C@H](C)CC[C@H]4C4(C=O)CC2C=C(C(C)C)[C@]43C(=O)O)C[C@H]1C1CCCCC1. The molecule has 5 fully saturated rings. The van der Waals surface area contributed by atoms with Gasteiger partial charge in [0.1, 0.15) is 11.7 Å². The first kappa shape index (κ1) is 28.9. The van der Waals surface area contributed by atoms with Crippen LogP contribution in [-0.2, 0) is 14.3 Å². The highest BCUT2D eigenvalue weighted by atomic mass is 16.5. The summed E-state index contributed by atoms with van der Waals surface area (Å²) in [6.45, 7) is 11.2. The van der Waals surface area contributed by atoms with Crippen LogP contribution in [0.2, 0.25) is 0 Å². The lowest BCUT2D eigenvalue weighted by atomic mass is 9.41. The van der Waals surface area contributed by atoms with Crippen LogP contribution in [0.15, 0.2) is 11.6 Å². The van der Waals surface area contributed by atoms with E-state index in [1.165, 1.54) is 32.1 Å². The van der Waals surface area contributed by atoms with E-state index >= 15 is 0 Å². The third-order valence-electron chi connectivity index (χ3n) is 13.4. The predicted molar refractivity (Wildman–Crippen MR) is 155 cm³/mol. The Bertz CT molecular complexity index is 1020. The van der Waals surface area contributed by atoms with Crippen molar-refractivity contribution >= 4 is 12.3 Å². The number of aliphatic carboxylic acids is 1. The van der Waals surface area contributed by atoms with Gasteiger partial charge in [-0.2, -0.15) is 0 Å². The molecule has 1 saturated heterocycles. The first-order valence-corrected chi connectivity index (χ1v) is 16.6. The molecule has 1 heterocycles. The number of carbonyl (C=O) groups excluding carboxylic acids is 1. The molecule has 4 bridgehead atoms. The average Bonchev–Trinajstić information content (AvgIpc) is 3.66. The molecule has 0 aromatic heterocycles. The molecule has 40 heavy (non-hydrogen) atoms.